The molecule has 0 heterocycles. The molecule has 0 saturated carbocycles. The van der Waals surface area contributed by atoms with Crippen molar-refractivity contribution in [2.75, 3.05) is 18.9 Å². The number of alkyl halides is 6. The Kier molecular flexibility index (Phi) is 4.51. The predicted octanol–water partition coefficient (Wildman–Crippen LogP) is 3.20. The minimum atomic E-state index is -4.85. The maximum Gasteiger partial charge on any atom is 0.522 e. The molecule has 2 N–H and O–H groups in total. The van der Waals surface area contributed by atoms with Crippen LogP contribution in [0.2, 0.25) is 0 Å². The first-order valence-electron chi connectivity index (χ1n) is 4.90. The maximum absolute atomic E-state index is 12.6. The van der Waals surface area contributed by atoms with Gasteiger partial charge in [0.05, 0.1) is 12.2 Å². The first-order chi connectivity index (χ1) is 8.59. The first kappa shape index (κ1) is 15.4. The molecule has 0 aliphatic carbocycles. The molecule has 108 valence electrons. The maximum atomic E-state index is 12.6. The van der Waals surface area contributed by atoms with Crippen molar-refractivity contribution in [3.63, 3.8) is 0 Å². The number of hydrogen-bond acceptors (Lipinski definition) is 3. The van der Waals surface area contributed by atoms with Crippen molar-refractivity contribution >= 4 is 5.69 Å². The Bertz CT molecular complexity index is 429. The summed E-state index contributed by atoms with van der Waals surface area (Å²) in [7, 11) is 0. The number of hydrogen-bond donors (Lipinski definition) is 1. The molecular formula is C10H9F6NO2. The zero-order valence-corrected chi connectivity index (χ0v) is 9.31. The normalized spacial score (nSPS) is 12.5. The van der Waals surface area contributed by atoms with Crippen LogP contribution in [-0.4, -0.2) is 19.6 Å². The highest BCUT2D eigenvalue weighted by atomic mass is 19.4. The van der Waals surface area contributed by atoms with Gasteiger partial charge in [-0.05, 0) is 18.2 Å². The molecule has 0 fully saturated rings. The van der Waals surface area contributed by atoms with E-state index in [0.29, 0.717) is 6.07 Å². The van der Waals surface area contributed by atoms with Gasteiger partial charge in [-0.2, -0.15) is 13.2 Å². The summed E-state index contributed by atoms with van der Waals surface area (Å²) in [5.74, 6) is -0.604. The lowest BCUT2D eigenvalue weighted by atomic mass is 10.1. The molecule has 3 nitrogen and oxygen atoms in total. The lowest BCUT2D eigenvalue weighted by Crippen LogP contribution is -2.19. The standard InChI is InChI=1S/C10H9F6NO2/c11-9(12,13)7-5-6(17)1-2-8(7)18-3-4-19-10(14,15)16/h1-2,5H,3-4,17H2. The topological polar surface area (TPSA) is 44.5 Å². The second-order valence-corrected chi connectivity index (χ2v) is 3.40. The van der Waals surface area contributed by atoms with Crippen LogP contribution < -0.4 is 10.5 Å². The van der Waals surface area contributed by atoms with Crippen molar-refractivity contribution in [3.8, 4) is 5.75 Å². The van der Waals surface area contributed by atoms with Crippen molar-refractivity contribution in [2.45, 2.75) is 12.5 Å². The van der Waals surface area contributed by atoms with Crippen molar-refractivity contribution in [1.82, 2.24) is 0 Å². The third-order valence-corrected chi connectivity index (χ3v) is 1.92. The molecule has 0 amide bonds. The fraction of sp³-hybridized carbons (Fsp3) is 0.400. The van der Waals surface area contributed by atoms with Gasteiger partial charge in [-0.15, -0.1) is 13.2 Å². The van der Waals surface area contributed by atoms with Gasteiger partial charge >= 0.3 is 12.5 Å². The smallest absolute Gasteiger partial charge is 0.491 e. The van der Waals surface area contributed by atoms with Crippen LogP contribution in [0.4, 0.5) is 32.0 Å². The van der Waals surface area contributed by atoms with Crippen LogP contribution >= 0.6 is 0 Å². The molecular weight excluding hydrogens is 280 g/mol. The van der Waals surface area contributed by atoms with Crippen LogP contribution in [0.5, 0.6) is 5.75 Å². The monoisotopic (exact) mass is 289 g/mol. The molecule has 0 aliphatic rings. The molecule has 1 aromatic rings. The predicted molar refractivity (Wildman–Crippen MR) is 53.4 cm³/mol. The zero-order valence-electron chi connectivity index (χ0n) is 9.31. The summed E-state index contributed by atoms with van der Waals surface area (Å²) in [4.78, 5) is 0. The van der Waals surface area contributed by atoms with Crippen molar-refractivity contribution in [2.24, 2.45) is 0 Å². The molecule has 0 spiro atoms. The van der Waals surface area contributed by atoms with E-state index in [0.717, 1.165) is 12.1 Å². The van der Waals surface area contributed by atoms with Gasteiger partial charge in [0.15, 0.2) is 0 Å². The average molecular weight is 289 g/mol. The fourth-order valence-electron chi connectivity index (χ4n) is 1.20. The number of benzene rings is 1. The summed E-state index contributed by atoms with van der Waals surface area (Å²) < 4.78 is 80.6. The summed E-state index contributed by atoms with van der Waals surface area (Å²) >= 11 is 0. The molecule has 0 aromatic heterocycles. The molecule has 0 radical (unpaired) electrons. The minimum absolute atomic E-state index is 0.133. The van der Waals surface area contributed by atoms with Crippen molar-refractivity contribution < 1.29 is 35.8 Å². The summed E-state index contributed by atoms with van der Waals surface area (Å²) in [6.07, 6.45) is -9.56. The van der Waals surface area contributed by atoms with Crippen LogP contribution in [0.25, 0.3) is 0 Å². The van der Waals surface area contributed by atoms with Crippen LogP contribution in [0.3, 0.4) is 0 Å². The van der Waals surface area contributed by atoms with E-state index < -0.39 is 37.1 Å². The quantitative estimate of drug-likeness (QED) is 0.526. The van der Waals surface area contributed by atoms with Gasteiger partial charge in [0.2, 0.25) is 0 Å². The lowest BCUT2D eigenvalue weighted by Gasteiger charge is -2.15. The van der Waals surface area contributed by atoms with Gasteiger partial charge in [0, 0.05) is 5.69 Å². The molecule has 0 bridgehead atoms. The second kappa shape index (κ2) is 5.55. The molecule has 0 atom stereocenters. The van der Waals surface area contributed by atoms with E-state index >= 15 is 0 Å². The van der Waals surface area contributed by atoms with E-state index in [2.05, 4.69) is 9.47 Å². The van der Waals surface area contributed by atoms with Gasteiger partial charge < -0.3 is 10.5 Å². The van der Waals surface area contributed by atoms with E-state index in [1.54, 1.807) is 0 Å². The second-order valence-electron chi connectivity index (χ2n) is 3.40. The SMILES string of the molecule is Nc1ccc(OCCOC(F)(F)F)c(C(F)(F)F)c1. The van der Waals surface area contributed by atoms with Crippen LogP contribution in [0.15, 0.2) is 18.2 Å². The van der Waals surface area contributed by atoms with E-state index in [1.807, 2.05) is 0 Å². The molecule has 0 saturated heterocycles. The Balaban J connectivity index is 2.68. The zero-order chi connectivity index (χ0) is 14.7. The highest BCUT2D eigenvalue weighted by Gasteiger charge is 2.35. The van der Waals surface area contributed by atoms with E-state index in [9.17, 15) is 26.3 Å². The van der Waals surface area contributed by atoms with Crippen molar-refractivity contribution in [3.05, 3.63) is 23.8 Å². The number of halogens is 6. The number of anilines is 1. The summed E-state index contributed by atoms with van der Waals surface area (Å²) in [6, 6.07) is 2.72. The Morgan fingerprint density at radius 2 is 1.63 bits per heavy atom. The van der Waals surface area contributed by atoms with Gasteiger partial charge in [-0.25, -0.2) is 0 Å². The van der Waals surface area contributed by atoms with Gasteiger partial charge in [0.1, 0.15) is 12.4 Å². The molecule has 9 heteroatoms. The number of rotatable bonds is 4. The van der Waals surface area contributed by atoms with Crippen LogP contribution in [0, 0.1) is 0 Å². The third-order valence-electron chi connectivity index (χ3n) is 1.92. The van der Waals surface area contributed by atoms with E-state index in [1.165, 1.54) is 0 Å². The summed E-state index contributed by atoms with van der Waals surface area (Å²) in [6.45, 7) is -1.59. The minimum Gasteiger partial charge on any atom is -0.491 e. The third kappa shape index (κ3) is 5.25. The summed E-state index contributed by atoms with van der Waals surface area (Å²) in [5.41, 5.74) is 3.92. The first-order valence-corrected chi connectivity index (χ1v) is 4.90. The van der Waals surface area contributed by atoms with Crippen molar-refractivity contribution in [1.29, 1.82) is 0 Å². The number of ether oxygens (including phenoxy) is 2. The molecule has 0 aliphatic heterocycles. The summed E-state index contributed by atoms with van der Waals surface area (Å²) in [5, 5.41) is 0. The Hall–Kier alpha value is -1.64. The molecule has 0 unspecified atom stereocenters. The Morgan fingerprint density at radius 1 is 1.00 bits per heavy atom. The van der Waals surface area contributed by atoms with Gasteiger partial charge in [-0.3, -0.25) is 4.74 Å². The fourth-order valence-corrected chi connectivity index (χ4v) is 1.20. The van der Waals surface area contributed by atoms with Gasteiger partial charge in [-0.1, -0.05) is 0 Å². The van der Waals surface area contributed by atoms with E-state index in [-0.39, 0.29) is 5.69 Å². The largest absolute Gasteiger partial charge is 0.522 e. The number of nitrogen functional groups attached to an aromatic ring is 1. The Labute approximate surface area is 103 Å². The molecule has 19 heavy (non-hydrogen) atoms. The van der Waals surface area contributed by atoms with Crippen LogP contribution in [0.1, 0.15) is 5.56 Å². The van der Waals surface area contributed by atoms with E-state index in [4.69, 9.17) is 5.73 Å². The highest BCUT2D eigenvalue weighted by molar-refractivity contribution is 5.49. The molecule has 1 aromatic carbocycles. The molecule has 1 rings (SSSR count). The van der Waals surface area contributed by atoms with Gasteiger partial charge in [0.25, 0.3) is 0 Å². The number of nitrogens with two attached hydrogens (primary N) is 1. The lowest BCUT2D eigenvalue weighted by molar-refractivity contribution is -0.325. The Morgan fingerprint density at radius 3 is 2.16 bits per heavy atom. The average Bonchev–Trinajstić information content (AvgIpc) is 2.23. The highest BCUT2D eigenvalue weighted by Crippen LogP contribution is 2.37. The van der Waals surface area contributed by atoms with Crippen LogP contribution in [-0.2, 0) is 10.9 Å².